The molecule has 8 heteroatoms. The fraction of sp³-hybridized carbons (Fsp3) is 0.467. The molecule has 0 aliphatic carbocycles. The molecule has 124 valence electrons. The van der Waals surface area contributed by atoms with Gasteiger partial charge >= 0.3 is 0 Å². The van der Waals surface area contributed by atoms with Crippen LogP contribution in [-0.4, -0.2) is 49.5 Å². The predicted molar refractivity (Wildman–Crippen MR) is 91.1 cm³/mol. The summed E-state index contributed by atoms with van der Waals surface area (Å²) in [5, 5.41) is 2.96. The van der Waals surface area contributed by atoms with Crippen LogP contribution in [0.3, 0.4) is 0 Å². The molecule has 0 spiro atoms. The lowest BCUT2D eigenvalue weighted by atomic mass is 9.98. The fourth-order valence-electron chi connectivity index (χ4n) is 2.78. The van der Waals surface area contributed by atoms with E-state index in [0.717, 1.165) is 23.1 Å². The van der Waals surface area contributed by atoms with Crippen molar-refractivity contribution in [2.24, 2.45) is 5.92 Å². The maximum atomic E-state index is 12.2. The Morgan fingerprint density at radius 2 is 2.13 bits per heavy atom. The lowest BCUT2D eigenvalue weighted by molar-refractivity contribution is 0.0941. The van der Waals surface area contributed by atoms with Crippen molar-refractivity contribution < 1.29 is 13.2 Å². The number of carbonyl (C=O) groups is 1. The van der Waals surface area contributed by atoms with Gasteiger partial charge in [-0.2, -0.15) is 0 Å². The first kappa shape index (κ1) is 16.4. The lowest BCUT2D eigenvalue weighted by Gasteiger charge is -2.30. The standard InChI is InChI=1S/C15H19N3O3S2/c1-23(20,21)18-6-4-11(5-7-18)9-16-15(19)12-2-3-13-14(8-12)22-10-17-13/h2-3,8,10-11H,4-7,9H2,1H3,(H,16,19). The molecule has 2 heterocycles. The zero-order valence-corrected chi connectivity index (χ0v) is 14.5. The van der Waals surface area contributed by atoms with Gasteiger partial charge in [0.15, 0.2) is 0 Å². The first-order valence-electron chi connectivity index (χ1n) is 7.50. The predicted octanol–water partition coefficient (Wildman–Crippen LogP) is 1.70. The van der Waals surface area contributed by atoms with E-state index in [0.29, 0.717) is 31.1 Å². The summed E-state index contributed by atoms with van der Waals surface area (Å²) in [6.45, 7) is 1.65. The minimum absolute atomic E-state index is 0.0918. The van der Waals surface area contributed by atoms with Crippen molar-refractivity contribution in [3.05, 3.63) is 29.3 Å². The topological polar surface area (TPSA) is 79.4 Å². The van der Waals surface area contributed by atoms with Gasteiger partial charge in [-0.1, -0.05) is 0 Å². The van der Waals surface area contributed by atoms with Gasteiger partial charge in [-0.25, -0.2) is 17.7 Å². The van der Waals surface area contributed by atoms with Crippen LogP contribution in [0.25, 0.3) is 10.2 Å². The van der Waals surface area contributed by atoms with Gasteiger partial charge in [-0.15, -0.1) is 11.3 Å². The van der Waals surface area contributed by atoms with Crippen LogP contribution in [0.15, 0.2) is 23.7 Å². The van der Waals surface area contributed by atoms with Gasteiger partial charge in [0.25, 0.3) is 5.91 Å². The molecule has 1 aromatic carbocycles. The van der Waals surface area contributed by atoms with Crippen molar-refractivity contribution in [2.45, 2.75) is 12.8 Å². The number of fused-ring (bicyclic) bond motifs is 1. The minimum atomic E-state index is -3.10. The average Bonchev–Trinajstić information content (AvgIpc) is 2.99. The van der Waals surface area contributed by atoms with Crippen LogP contribution in [0.2, 0.25) is 0 Å². The molecule has 1 amide bonds. The summed E-state index contributed by atoms with van der Waals surface area (Å²) in [7, 11) is -3.10. The van der Waals surface area contributed by atoms with Crippen LogP contribution < -0.4 is 5.32 Å². The highest BCUT2D eigenvalue weighted by atomic mass is 32.2. The molecule has 2 aromatic rings. The summed E-state index contributed by atoms with van der Waals surface area (Å²) in [5.74, 6) is 0.231. The number of sulfonamides is 1. The molecule has 0 saturated carbocycles. The normalized spacial score (nSPS) is 17.4. The van der Waals surface area contributed by atoms with E-state index < -0.39 is 10.0 Å². The molecule has 0 unspecified atom stereocenters. The van der Waals surface area contributed by atoms with E-state index >= 15 is 0 Å². The van der Waals surface area contributed by atoms with E-state index in [1.807, 2.05) is 12.1 Å². The number of benzene rings is 1. The van der Waals surface area contributed by atoms with Gasteiger partial charge in [-0.3, -0.25) is 4.79 Å². The number of nitrogens with zero attached hydrogens (tertiary/aromatic N) is 2. The Hall–Kier alpha value is -1.51. The van der Waals surface area contributed by atoms with Gasteiger partial charge in [0.05, 0.1) is 22.0 Å². The Balaban J connectivity index is 1.53. The van der Waals surface area contributed by atoms with Crippen LogP contribution in [0, 0.1) is 5.92 Å². The second-order valence-corrected chi connectivity index (χ2v) is 8.72. The molecule has 1 N–H and O–H groups in total. The summed E-state index contributed by atoms with van der Waals surface area (Å²) in [4.78, 5) is 16.4. The molecule has 0 bridgehead atoms. The second-order valence-electron chi connectivity index (χ2n) is 5.85. The van der Waals surface area contributed by atoms with Crippen molar-refractivity contribution in [2.75, 3.05) is 25.9 Å². The number of rotatable bonds is 4. The van der Waals surface area contributed by atoms with Gasteiger partial charge in [0.1, 0.15) is 0 Å². The number of nitrogens with one attached hydrogen (secondary N) is 1. The molecule has 1 aliphatic rings. The Morgan fingerprint density at radius 1 is 1.39 bits per heavy atom. The van der Waals surface area contributed by atoms with Crippen molar-refractivity contribution in [1.29, 1.82) is 0 Å². The maximum Gasteiger partial charge on any atom is 0.251 e. The zero-order valence-electron chi connectivity index (χ0n) is 12.9. The van der Waals surface area contributed by atoms with Crippen molar-refractivity contribution in [3.8, 4) is 0 Å². The third-order valence-corrected chi connectivity index (χ3v) is 6.28. The number of hydrogen-bond donors (Lipinski definition) is 1. The zero-order chi connectivity index (χ0) is 16.4. The van der Waals surface area contributed by atoms with Crippen molar-refractivity contribution >= 4 is 37.5 Å². The van der Waals surface area contributed by atoms with Crippen molar-refractivity contribution in [1.82, 2.24) is 14.6 Å². The lowest BCUT2D eigenvalue weighted by Crippen LogP contribution is -2.41. The number of hydrogen-bond acceptors (Lipinski definition) is 5. The quantitative estimate of drug-likeness (QED) is 0.907. The van der Waals surface area contributed by atoms with E-state index in [2.05, 4.69) is 10.3 Å². The Labute approximate surface area is 139 Å². The van der Waals surface area contributed by atoms with Crippen LogP contribution in [0.1, 0.15) is 23.2 Å². The Bertz CT molecular complexity index is 808. The molecule has 0 radical (unpaired) electrons. The van der Waals surface area contributed by atoms with Gasteiger partial charge in [0, 0.05) is 25.2 Å². The number of thiazole rings is 1. The molecule has 1 saturated heterocycles. The highest BCUT2D eigenvalue weighted by Gasteiger charge is 2.25. The second kappa shape index (κ2) is 6.54. The highest BCUT2D eigenvalue weighted by molar-refractivity contribution is 7.88. The average molecular weight is 353 g/mol. The molecular weight excluding hydrogens is 334 g/mol. The molecule has 23 heavy (non-hydrogen) atoms. The van der Waals surface area contributed by atoms with E-state index in [-0.39, 0.29) is 5.91 Å². The highest BCUT2D eigenvalue weighted by Crippen LogP contribution is 2.20. The first-order chi connectivity index (χ1) is 10.9. The SMILES string of the molecule is CS(=O)(=O)N1CCC(CNC(=O)c2ccc3ncsc3c2)CC1. The van der Waals surface area contributed by atoms with Gasteiger partial charge in [-0.05, 0) is 37.0 Å². The summed E-state index contributed by atoms with van der Waals surface area (Å²) in [6.07, 6.45) is 2.80. The summed E-state index contributed by atoms with van der Waals surface area (Å²) >= 11 is 1.51. The smallest absolute Gasteiger partial charge is 0.251 e. The van der Waals surface area contributed by atoms with E-state index in [1.165, 1.54) is 21.9 Å². The molecule has 0 atom stereocenters. The monoisotopic (exact) mass is 353 g/mol. The van der Waals surface area contributed by atoms with E-state index in [1.54, 1.807) is 11.6 Å². The Kier molecular flexibility index (Phi) is 4.65. The molecule has 1 aromatic heterocycles. The summed E-state index contributed by atoms with van der Waals surface area (Å²) in [6, 6.07) is 5.49. The van der Waals surface area contributed by atoms with Gasteiger partial charge < -0.3 is 5.32 Å². The molecule has 1 aliphatic heterocycles. The largest absolute Gasteiger partial charge is 0.352 e. The third-order valence-electron chi connectivity index (χ3n) is 4.19. The summed E-state index contributed by atoms with van der Waals surface area (Å²) < 4.78 is 25.5. The number of piperidine rings is 1. The molecule has 6 nitrogen and oxygen atoms in total. The number of amides is 1. The molecule has 1 fully saturated rings. The van der Waals surface area contributed by atoms with Crippen LogP contribution in [0.4, 0.5) is 0 Å². The Morgan fingerprint density at radius 3 is 2.83 bits per heavy atom. The van der Waals surface area contributed by atoms with E-state index in [9.17, 15) is 13.2 Å². The third kappa shape index (κ3) is 3.88. The maximum absolute atomic E-state index is 12.2. The molecular formula is C15H19N3O3S2. The number of carbonyl (C=O) groups excluding carboxylic acids is 1. The molecule has 3 rings (SSSR count). The van der Waals surface area contributed by atoms with Gasteiger partial charge in [0.2, 0.25) is 10.0 Å². The van der Waals surface area contributed by atoms with Crippen LogP contribution >= 0.6 is 11.3 Å². The summed E-state index contributed by atoms with van der Waals surface area (Å²) in [5.41, 5.74) is 3.30. The van der Waals surface area contributed by atoms with Crippen LogP contribution in [0.5, 0.6) is 0 Å². The minimum Gasteiger partial charge on any atom is -0.352 e. The number of aromatic nitrogens is 1. The van der Waals surface area contributed by atoms with Crippen LogP contribution in [-0.2, 0) is 10.0 Å². The van der Waals surface area contributed by atoms with Crippen molar-refractivity contribution in [3.63, 3.8) is 0 Å². The first-order valence-corrected chi connectivity index (χ1v) is 10.2. The fourth-order valence-corrected chi connectivity index (χ4v) is 4.37. The van der Waals surface area contributed by atoms with E-state index in [4.69, 9.17) is 0 Å².